The number of rotatable bonds is 4. The van der Waals surface area contributed by atoms with Gasteiger partial charge in [-0.3, -0.25) is 0 Å². The molecule has 48 heavy (non-hydrogen) atoms. The Morgan fingerprint density at radius 1 is 0.396 bits per heavy atom. The number of pyridine rings is 1. The summed E-state index contributed by atoms with van der Waals surface area (Å²) in [5, 5.41) is 23.8. The highest BCUT2D eigenvalue weighted by Crippen LogP contribution is 2.38. The van der Waals surface area contributed by atoms with Crippen LogP contribution < -0.4 is 0 Å². The molecule has 9 rings (SSSR count). The lowest BCUT2D eigenvalue weighted by Gasteiger charge is -2.16. The molecule has 3 aromatic heterocycles. The van der Waals surface area contributed by atoms with E-state index < -0.39 is 0 Å². The molecule has 0 spiro atoms. The van der Waals surface area contributed by atoms with Crippen LogP contribution in [0.4, 0.5) is 0 Å². The Balaban J connectivity index is 1.36. The van der Waals surface area contributed by atoms with Crippen molar-refractivity contribution in [1.29, 1.82) is 10.5 Å². The molecule has 3 heterocycles. The molecule has 0 aliphatic rings. The maximum absolute atomic E-state index is 9.72. The smallest absolute Gasteiger partial charge is 0.0991 e. The molecule has 0 fully saturated rings. The molecule has 0 aliphatic carbocycles. The molecule has 6 aromatic carbocycles. The Labute approximate surface area is 276 Å². The predicted molar refractivity (Wildman–Crippen MR) is 193 cm³/mol. The zero-order chi connectivity index (χ0) is 32.2. The Bertz CT molecular complexity index is 2770. The van der Waals surface area contributed by atoms with Gasteiger partial charge in [-0.1, -0.05) is 72.8 Å². The Hall–Kier alpha value is -6.95. The van der Waals surface area contributed by atoms with Crippen LogP contribution in [0.2, 0.25) is 0 Å². The van der Waals surface area contributed by atoms with Crippen molar-refractivity contribution in [2.75, 3.05) is 0 Å². The van der Waals surface area contributed by atoms with Crippen LogP contribution in [-0.2, 0) is 0 Å². The van der Waals surface area contributed by atoms with Gasteiger partial charge in [0.2, 0.25) is 0 Å². The fourth-order valence-electron chi connectivity index (χ4n) is 7.03. The molecule has 0 aliphatic heterocycles. The minimum absolute atomic E-state index is 0.598. The first-order valence-corrected chi connectivity index (χ1v) is 15.8. The number of benzene rings is 6. The molecular formula is C43H25N5. The first-order chi connectivity index (χ1) is 23.7. The summed E-state index contributed by atoms with van der Waals surface area (Å²) >= 11 is 0. The van der Waals surface area contributed by atoms with Crippen molar-refractivity contribution in [3.8, 4) is 46.0 Å². The SMILES string of the molecule is N#Cc1cccc(-c2cccc(-c3cc(-n4c5ccccc5c5ccccc54)cc(-n4c5ccccc5c5cc(C#N)ccc54)c3)n2)c1. The Morgan fingerprint density at radius 3 is 1.50 bits per heavy atom. The lowest BCUT2D eigenvalue weighted by atomic mass is 10.0. The van der Waals surface area contributed by atoms with Gasteiger partial charge in [0, 0.05) is 44.0 Å². The van der Waals surface area contributed by atoms with Crippen LogP contribution >= 0.6 is 0 Å². The van der Waals surface area contributed by atoms with Crippen molar-refractivity contribution >= 4 is 43.6 Å². The molecule has 0 N–H and O–H groups in total. The first kappa shape index (κ1) is 27.4. The summed E-state index contributed by atoms with van der Waals surface area (Å²) in [5.41, 5.74) is 11.0. The number of para-hydroxylation sites is 3. The van der Waals surface area contributed by atoms with Crippen molar-refractivity contribution in [3.05, 3.63) is 163 Å². The van der Waals surface area contributed by atoms with Crippen LogP contribution in [0.5, 0.6) is 0 Å². The summed E-state index contributed by atoms with van der Waals surface area (Å²) in [7, 11) is 0. The summed E-state index contributed by atoms with van der Waals surface area (Å²) in [6.45, 7) is 0. The molecule has 222 valence electrons. The molecule has 0 radical (unpaired) electrons. The van der Waals surface area contributed by atoms with E-state index in [2.05, 4.69) is 106 Å². The lowest BCUT2D eigenvalue weighted by molar-refractivity contribution is 1.13. The molecule has 5 nitrogen and oxygen atoms in total. The van der Waals surface area contributed by atoms with E-state index in [0.717, 1.165) is 66.7 Å². The molecule has 9 aromatic rings. The minimum Gasteiger partial charge on any atom is -0.309 e. The van der Waals surface area contributed by atoms with E-state index in [-0.39, 0.29) is 0 Å². The highest BCUT2D eigenvalue weighted by atomic mass is 15.0. The monoisotopic (exact) mass is 611 g/mol. The summed E-state index contributed by atoms with van der Waals surface area (Å²) in [4.78, 5) is 5.14. The van der Waals surface area contributed by atoms with Gasteiger partial charge in [-0.15, -0.1) is 0 Å². The van der Waals surface area contributed by atoms with Crippen LogP contribution in [-0.4, -0.2) is 14.1 Å². The second-order valence-electron chi connectivity index (χ2n) is 11.9. The van der Waals surface area contributed by atoms with Gasteiger partial charge in [0.25, 0.3) is 0 Å². The van der Waals surface area contributed by atoms with Crippen molar-refractivity contribution < 1.29 is 0 Å². The molecule has 0 saturated carbocycles. The van der Waals surface area contributed by atoms with Crippen LogP contribution in [0.25, 0.3) is 77.5 Å². The van der Waals surface area contributed by atoms with Gasteiger partial charge in [-0.2, -0.15) is 10.5 Å². The number of nitriles is 2. The first-order valence-electron chi connectivity index (χ1n) is 15.8. The van der Waals surface area contributed by atoms with Gasteiger partial charge >= 0.3 is 0 Å². The van der Waals surface area contributed by atoms with E-state index in [0.29, 0.717) is 11.1 Å². The standard InChI is InChI=1S/C43H25N5/c44-26-28-9-7-10-30(21-28)38-14-8-15-39(46-38)31-23-32(47-40-16-4-1-11-34(40)35-12-2-5-17-41(35)47)25-33(24-31)48-42-18-6-3-13-36(42)37-22-29(27-45)19-20-43(37)48/h1-25H. The molecule has 0 amide bonds. The number of nitrogens with zero attached hydrogens (tertiary/aromatic N) is 5. The van der Waals surface area contributed by atoms with E-state index in [1.165, 1.54) is 10.8 Å². The van der Waals surface area contributed by atoms with E-state index in [9.17, 15) is 10.5 Å². The average molecular weight is 612 g/mol. The minimum atomic E-state index is 0.598. The van der Waals surface area contributed by atoms with Crippen molar-refractivity contribution in [3.63, 3.8) is 0 Å². The van der Waals surface area contributed by atoms with Crippen LogP contribution in [0.3, 0.4) is 0 Å². The third-order valence-corrected chi connectivity index (χ3v) is 9.13. The summed E-state index contributed by atoms with van der Waals surface area (Å²) < 4.78 is 4.62. The van der Waals surface area contributed by atoms with Crippen LogP contribution in [0.15, 0.2) is 152 Å². The molecule has 0 unspecified atom stereocenters. The summed E-state index contributed by atoms with van der Waals surface area (Å²) in [6, 6.07) is 56.1. The fourth-order valence-corrected chi connectivity index (χ4v) is 7.03. The highest BCUT2D eigenvalue weighted by Gasteiger charge is 2.18. The number of fused-ring (bicyclic) bond motifs is 6. The van der Waals surface area contributed by atoms with E-state index in [4.69, 9.17) is 4.98 Å². The Kier molecular flexibility index (Phi) is 6.18. The van der Waals surface area contributed by atoms with Crippen LogP contribution in [0.1, 0.15) is 11.1 Å². The third kappa shape index (κ3) is 4.27. The van der Waals surface area contributed by atoms with E-state index in [1.807, 2.05) is 60.7 Å². The van der Waals surface area contributed by atoms with Gasteiger partial charge in [0.05, 0.1) is 56.7 Å². The maximum atomic E-state index is 9.72. The van der Waals surface area contributed by atoms with Crippen molar-refractivity contribution in [2.24, 2.45) is 0 Å². The molecule has 0 bridgehead atoms. The van der Waals surface area contributed by atoms with Gasteiger partial charge in [-0.05, 0) is 78.9 Å². The molecule has 0 atom stereocenters. The van der Waals surface area contributed by atoms with Gasteiger partial charge in [0.1, 0.15) is 0 Å². The molecule has 5 heteroatoms. The largest absolute Gasteiger partial charge is 0.309 e. The maximum Gasteiger partial charge on any atom is 0.0991 e. The second-order valence-corrected chi connectivity index (χ2v) is 11.9. The fraction of sp³-hybridized carbons (Fsp3) is 0. The normalized spacial score (nSPS) is 11.3. The van der Waals surface area contributed by atoms with Crippen molar-refractivity contribution in [1.82, 2.24) is 14.1 Å². The average Bonchev–Trinajstić information content (AvgIpc) is 3.67. The van der Waals surface area contributed by atoms with Crippen molar-refractivity contribution in [2.45, 2.75) is 0 Å². The van der Waals surface area contributed by atoms with Gasteiger partial charge in [0.15, 0.2) is 0 Å². The summed E-state index contributed by atoms with van der Waals surface area (Å²) in [6.07, 6.45) is 0. The predicted octanol–water partition coefficient (Wildman–Crippen LogP) is 10.4. The zero-order valence-corrected chi connectivity index (χ0v) is 25.7. The molecule has 0 saturated heterocycles. The number of hydrogen-bond acceptors (Lipinski definition) is 3. The third-order valence-electron chi connectivity index (χ3n) is 9.13. The quantitative estimate of drug-likeness (QED) is 0.199. The number of aromatic nitrogens is 3. The second kappa shape index (κ2) is 10.8. The lowest BCUT2D eigenvalue weighted by Crippen LogP contribution is -2.00. The highest BCUT2D eigenvalue weighted by molar-refractivity contribution is 6.11. The van der Waals surface area contributed by atoms with E-state index in [1.54, 1.807) is 6.07 Å². The van der Waals surface area contributed by atoms with Gasteiger partial charge < -0.3 is 9.13 Å². The van der Waals surface area contributed by atoms with Gasteiger partial charge in [-0.25, -0.2) is 4.98 Å². The topological polar surface area (TPSA) is 70.3 Å². The zero-order valence-electron chi connectivity index (χ0n) is 25.7. The molecular weight excluding hydrogens is 587 g/mol. The summed E-state index contributed by atoms with van der Waals surface area (Å²) in [5.74, 6) is 0. The Morgan fingerprint density at radius 2 is 0.896 bits per heavy atom. The van der Waals surface area contributed by atoms with E-state index >= 15 is 0 Å². The van der Waals surface area contributed by atoms with Crippen LogP contribution in [0, 0.1) is 22.7 Å². The number of hydrogen-bond donors (Lipinski definition) is 0.